The molecule has 4 aromatic carbocycles. The molecule has 2 N–H and O–H groups in total. The van der Waals surface area contributed by atoms with Crippen LogP contribution in [-0.2, 0) is 13.0 Å². The summed E-state index contributed by atoms with van der Waals surface area (Å²) in [7, 11) is 0. The van der Waals surface area contributed by atoms with Crippen LogP contribution >= 0.6 is 0 Å². The van der Waals surface area contributed by atoms with Crippen molar-refractivity contribution in [2.75, 3.05) is 16.8 Å². The van der Waals surface area contributed by atoms with Crippen molar-refractivity contribution in [3.8, 4) is 11.1 Å². The number of carbonyl (C=O) groups is 2. The van der Waals surface area contributed by atoms with Crippen LogP contribution in [0.5, 0.6) is 0 Å². The molecule has 0 saturated heterocycles. The lowest BCUT2D eigenvalue weighted by molar-refractivity contribution is 0.0984. The Morgan fingerprint density at radius 3 is 2.29 bits per heavy atom. The quantitative estimate of drug-likeness (QED) is 0.400. The zero-order chi connectivity index (χ0) is 24.2. The van der Waals surface area contributed by atoms with Crippen LogP contribution in [0.4, 0.5) is 11.4 Å². The van der Waals surface area contributed by atoms with Gasteiger partial charge < -0.3 is 15.3 Å². The number of aliphatic hydroxyl groups excluding tert-OH is 1. The maximum Gasteiger partial charge on any atom is 0.258 e. The molecule has 0 fully saturated rings. The normalized spacial score (nSPS) is 12.7. The van der Waals surface area contributed by atoms with E-state index in [0.29, 0.717) is 23.4 Å². The van der Waals surface area contributed by atoms with Crippen molar-refractivity contribution in [1.29, 1.82) is 0 Å². The van der Waals surface area contributed by atoms with Crippen LogP contribution in [0.3, 0.4) is 0 Å². The number of nitrogens with one attached hydrogen (secondary N) is 1. The van der Waals surface area contributed by atoms with E-state index in [2.05, 4.69) is 11.4 Å². The predicted octanol–water partition coefficient (Wildman–Crippen LogP) is 5.69. The second-order valence-electron chi connectivity index (χ2n) is 8.58. The van der Waals surface area contributed by atoms with Crippen molar-refractivity contribution < 1.29 is 14.7 Å². The minimum Gasteiger partial charge on any atom is -0.392 e. The number of carbonyl (C=O) groups excluding carboxylic acids is 2. The van der Waals surface area contributed by atoms with Gasteiger partial charge >= 0.3 is 0 Å². The lowest BCUT2D eigenvalue weighted by Crippen LogP contribution is -2.35. The number of hydrogen-bond donors (Lipinski definition) is 2. The van der Waals surface area contributed by atoms with E-state index < -0.39 is 0 Å². The van der Waals surface area contributed by atoms with Gasteiger partial charge in [0.1, 0.15) is 0 Å². The zero-order valence-corrected chi connectivity index (χ0v) is 19.3. The minimum absolute atomic E-state index is 0.0408. The van der Waals surface area contributed by atoms with Gasteiger partial charge in [0.2, 0.25) is 0 Å². The number of anilines is 2. The van der Waals surface area contributed by atoms with Crippen LogP contribution in [0.25, 0.3) is 11.1 Å². The molecule has 1 aliphatic rings. The number of benzene rings is 4. The summed E-state index contributed by atoms with van der Waals surface area (Å²) in [4.78, 5) is 28.2. The minimum atomic E-state index is -0.252. The Kier molecular flexibility index (Phi) is 6.42. The zero-order valence-electron chi connectivity index (χ0n) is 19.3. The van der Waals surface area contributed by atoms with Gasteiger partial charge in [-0.3, -0.25) is 9.59 Å². The fraction of sp³-hybridized carbons (Fsp3) is 0.133. The number of hydrogen-bond acceptors (Lipinski definition) is 3. The topological polar surface area (TPSA) is 69.6 Å². The summed E-state index contributed by atoms with van der Waals surface area (Å²) in [5.74, 6) is -0.293. The van der Waals surface area contributed by atoms with Crippen LogP contribution in [0.2, 0.25) is 0 Å². The van der Waals surface area contributed by atoms with E-state index in [1.165, 1.54) is 5.56 Å². The van der Waals surface area contributed by atoms with Gasteiger partial charge in [-0.15, -0.1) is 0 Å². The molecule has 5 rings (SSSR count). The third kappa shape index (κ3) is 4.59. The van der Waals surface area contributed by atoms with Gasteiger partial charge in [-0.2, -0.15) is 0 Å². The first kappa shape index (κ1) is 22.6. The van der Waals surface area contributed by atoms with E-state index in [1.807, 2.05) is 65.6 Å². The van der Waals surface area contributed by atoms with Crippen molar-refractivity contribution in [2.24, 2.45) is 0 Å². The van der Waals surface area contributed by atoms with E-state index in [-0.39, 0.29) is 18.4 Å². The van der Waals surface area contributed by atoms with Gasteiger partial charge in [-0.05, 0) is 71.5 Å². The average Bonchev–Trinajstić information content (AvgIpc) is 2.92. The number of rotatable bonds is 5. The second-order valence-corrected chi connectivity index (χ2v) is 8.58. The summed E-state index contributed by atoms with van der Waals surface area (Å²) < 4.78 is 0. The Morgan fingerprint density at radius 1 is 0.800 bits per heavy atom. The predicted molar refractivity (Wildman–Crippen MR) is 139 cm³/mol. The van der Waals surface area contributed by atoms with Crippen LogP contribution in [0, 0.1) is 0 Å². The summed E-state index contributed by atoms with van der Waals surface area (Å²) in [6.45, 7) is 0.587. The SMILES string of the molecule is O=C(Nc1ccc(C(=O)N2CCCc3ccccc32)cc1)c1ccccc1-c1ccccc1CO. The molecule has 0 aliphatic carbocycles. The van der Waals surface area contributed by atoms with Crippen molar-refractivity contribution in [1.82, 2.24) is 0 Å². The largest absolute Gasteiger partial charge is 0.392 e. The molecule has 0 saturated carbocycles. The third-order valence-corrected chi connectivity index (χ3v) is 6.39. The van der Waals surface area contributed by atoms with E-state index in [0.717, 1.165) is 35.2 Å². The highest BCUT2D eigenvalue weighted by Gasteiger charge is 2.23. The smallest absolute Gasteiger partial charge is 0.258 e. The maximum absolute atomic E-state index is 13.2. The van der Waals surface area contributed by atoms with Crippen LogP contribution in [-0.4, -0.2) is 23.5 Å². The molecule has 0 atom stereocenters. The van der Waals surface area contributed by atoms with E-state index in [9.17, 15) is 14.7 Å². The molecule has 5 nitrogen and oxygen atoms in total. The maximum atomic E-state index is 13.2. The van der Waals surface area contributed by atoms with Crippen molar-refractivity contribution in [3.63, 3.8) is 0 Å². The number of nitrogens with zero attached hydrogens (tertiary/aromatic N) is 1. The van der Waals surface area contributed by atoms with Gasteiger partial charge in [0, 0.05) is 29.0 Å². The lowest BCUT2D eigenvalue weighted by Gasteiger charge is -2.29. The first-order valence-electron chi connectivity index (χ1n) is 11.7. The van der Waals surface area contributed by atoms with Crippen LogP contribution in [0.1, 0.15) is 38.3 Å². The molecule has 174 valence electrons. The highest BCUT2D eigenvalue weighted by atomic mass is 16.3. The Bertz CT molecular complexity index is 1380. The van der Waals surface area contributed by atoms with Gasteiger partial charge in [-0.25, -0.2) is 0 Å². The Labute approximate surface area is 204 Å². The highest BCUT2D eigenvalue weighted by molar-refractivity contribution is 6.10. The Balaban J connectivity index is 1.35. The van der Waals surface area contributed by atoms with Gasteiger partial charge in [0.05, 0.1) is 6.61 Å². The highest BCUT2D eigenvalue weighted by Crippen LogP contribution is 2.30. The number of amides is 2. The van der Waals surface area contributed by atoms with Crippen LogP contribution in [0.15, 0.2) is 97.1 Å². The molecule has 0 radical (unpaired) electrons. The molecule has 0 unspecified atom stereocenters. The average molecular weight is 463 g/mol. The summed E-state index contributed by atoms with van der Waals surface area (Å²) in [5.41, 5.74) is 6.20. The number of para-hydroxylation sites is 1. The molecule has 1 heterocycles. The van der Waals surface area contributed by atoms with Crippen molar-refractivity contribution in [3.05, 3.63) is 119 Å². The Hall–Kier alpha value is -4.22. The fourth-order valence-corrected chi connectivity index (χ4v) is 4.63. The fourth-order valence-electron chi connectivity index (χ4n) is 4.63. The van der Waals surface area contributed by atoms with Crippen molar-refractivity contribution >= 4 is 23.2 Å². The molecule has 1 aliphatic heterocycles. The molecule has 2 amide bonds. The summed E-state index contributed by atoms with van der Waals surface area (Å²) >= 11 is 0. The molecular weight excluding hydrogens is 436 g/mol. The molecule has 35 heavy (non-hydrogen) atoms. The molecular formula is C30H26N2O3. The Morgan fingerprint density at radius 2 is 1.49 bits per heavy atom. The molecule has 5 heteroatoms. The van der Waals surface area contributed by atoms with E-state index in [1.54, 1.807) is 30.3 Å². The lowest BCUT2D eigenvalue weighted by atomic mass is 9.95. The summed E-state index contributed by atoms with van der Waals surface area (Å²) in [6.07, 6.45) is 1.92. The first-order chi connectivity index (χ1) is 17.2. The standard InChI is InChI=1S/C30H26N2O3/c33-20-23-9-1-3-11-25(23)26-12-4-5-13-27(26)29(34)31-24-17-15-22(16-18-24)30(35)32-19-7-10-21-8-2-6-14-28(21)32/h1-6,8-9,11-18,33H,7,10,19-20H2,(H,31,34). The van der Waals surface area contributed by atoms with E-state index in [4.69, 9.17) is 0 Å². The number of fused-ring (bicyclic) bond motifs is 1. The monoisotopic (exact) mass is 462 g/mol. The van der Waals surface area contributed by atoms with E-state index >= 15 is 0 Å². The number of aryl methyl sites for hydroxylation is 1. The summed E-state index contributed by atoms with van der Waals surface area (Å²) in [5, 5.41) is 12.7. The second kappa shape index (κ2) is 9.95. The summed E-state index contributed by atoms with van der Waals surface area (Å²) in [6, 6.07) is 29.9. The van der Waals surface area contributed by atoms with Crippen molar-refractivity contribution in [2.45, 2.75) is 19.4 Å². The van der Waals surface area contributed by atoms with Gasteiger partial charge in [0.25, 0.3) is 11.8 Å². The van der Waals surface area contributed by atoms with Gasteiger partial charge in [0.15, 0.2) is 0 Å². The molecule has 0 aromatic heterocycles. The van der Waals surface area contributed by atoms with Crippen LogP contribution < -0.4 is 10.2 Å². The third-order valence-electron chi connectivity index (χ3n) is 6.39. The molecule has 0 bridgehead atoms. The first-order valence-corrected chi connectivity index (χ1v) is 11.7. The molecule has 4 aromatic rings. The number of aliphatic hydroxyl groups is 1. The molecule has 0 spiro atoms. The van der Waals surface area contributed by atoms with Gasteiger partial charge in [-0.1, -0.05) is 60.7 Å².